The fourth-order valence-electron chi connectivity index (χ4n) is 5.06. The molecule has 0 radical (unpaired) electrons. The Kier molecular flexibility index (Phi) is 5.77. The highest BCUT2D eigenvalue weighted by Crippen LogP contribution is 2.50. The van der Waals surface area contributed by atoms with Gasteiger partial charge in [-0.15, -0.1) is 0 Å². The van der Waals surface area contributed by atoms with Crippen molar-refractivity contribution in [2.75, 3.05) is 17.0 Å². The summed E-state index contributed by atoms with van der Waals surface area (Å²) in [5.74, 6) is -1.02. The van der Waals surface area contributed by atoms with Crippen LogP contribution in [-0.2, 0) is 20.3 Å². The first kappa shape index (κ1) is 25.7. The first-order chi connectivity index (χ1) is 17.7. The van der Waals surface area contributed by atoms with E-state index in [1.807, 2.05) is 62.2 Å². The van der Waals surface area contributed by atoms with Gasteiger partial charge in [0.15, 0.2) is 5.71 Å². The molecule has 5 rings (SSSR count). The van der Waals surface area contributed by atoms with Crippen molar-refractivity contribution in [2.45, 2.75) is 30.3 Å². The number of hydrogen-bond acceptors (Lipinski definition) is 5. The topological polar surface area (TPSA) is 90.3 Å². The minimum atomic E-state index is -4.92. The minimum absolute atomic E-state index is 0.0857. The van der Waals surface area contributed by atoms with Gasteiger partial charge in [0.2, 0.25) is 0 Å². The Labute approximate surface area is 216 Å². The van der Waals surface area contributed by atoms with E-state index < -0.39 is 43.8 Å². The number of alkyl halides is 3. The molecule has 196 valence electrons. The Bertz CT molecular complexity index is 1690. The van der Waals surface area contributed by atoms with Crippen LogP contribution in [0.2, 0.25) is 0 Å². The summed E-state index contributed by atoms with van der Waals surface area (Å²) in [5, 5.41) is 6.16. The van der Waals surface area contributed by atoms with Crippen LogP contribution in [0.25, 0.3) is 10.8 Å². The van der Waals surface area contributed by atoms with E-state index >= 15 is 0 Å². The van der Waals surface area contributed by atoms with Crippen molar-refractivity contribution < 1.29 is 30.9 Å². The predicted molar refractivity (Wildman–Crippen MR) is 139 cm³/mol. The lowest BCUT2D eigenvalue weighted by molar-refractivity contribution is -0.114. The van der Waals surface area contributed by atoms with Crippen LogP contribution in [0.15, 0.2) is 94.1 Å². The van der Waals surface area contributed by atoms with Gasteiger partial charge in [-0.3, -0.25) is 9.35 Å². The number of amides is 1. The number of likely N-dealkylation sites (N-methyl/N-ethyl adjacent to an activating group) is 1. The van der Waals surface area contributed by atoms with E-state index in [-0.39, 0.29) is 5.69 Å². The summed E-state index contributed by atoms with van der Waals surface area (Å²) in [6.07, 6.45) is -2.28. The molecule has 0 aliphatic carbocycles. The zero-order valence-corrected chi connectivity index (χ0v) is 21.3. The molecule has 2 aliphatic heterocycles. The fourth-order valence-corrected chi connectivity index (χ4v) is 5.54. The Morgan fingerprint density at radius 2 is 1.63 bits per heavy atom. The first-order valence-corrected chi connectivity index (χ1v) is 12.9. The van der Waals surface area contributed by atoms with Crippen molar-refractivity contribution in [1.82, 2.24) is 0 Å². The van der Waals surface area contributed by atoms with Gasteiger partial charge in [-0.2, -0.15) is 31.7 Å². The van der Waals surface area contributed by atoms with Crippen molar-refractivity contribution in [1.29, 1.82) is 0 Å². The van der Waals surface area contributed by atoms with Crippen LogP contribution in [0, 0.1) is 0 Å². The summed E-state index contributed by atoms with van der Waals surface area (Å²) in [5.41, 5.74) is -0.0236. The summed E-state index contributed by atoms with van der Waals surface area (Å²) in [4.78, 5) is 14.5. The lowest BCUT2D eigenvalue weighted by atomic mass is 9.81. The number of allylic oxidation sites excluding steroid dienone is 3. The molecule has 1 amide bonds. The Hall–Kier alpha value is -3.96. The summed E-state index contributed by atoms with van der Waals surface area (Å²) < 4.78 is 73.5. The van der Waals surface area contributed by atoms with Gasteiger partial charge in [0, 0.05) is 23.8 Å². The number of carbonyl (C=O) groups is 1. The van der Waals surface area contributed by atoms with E-state index in [0.29, 0.717) is 10.7 Å². The number of nitrogens with zero attached hydrogens (tertiary/aromatic N) is 3. The van der Waals surface area contributed by atoms with Crippen molar-refractivity contribution in [2.24, 2.45) is 5.10 Å². The summed E-state index contributed by atoms with van der Waals surface area (Å²) in [6.45, 7) is 3.95. The van der Waals surface area contributed by atoms with Gasteiger partial charge < -0.3 is 4.90 Å². The van der Waals surface area contributed by atoms with Gasteiger partial charge in [0.1, 0.15) is 0 Å². The van der Waals surface area contributed by atoms with E-state index in [9.17, 15) is 26.4 Å². The standard InChI is InChI=1S/C27H22F3N3O4S/c1-26(2)22(32(3)21-14-8-16-6-4-5-7-19(16)23(21)26)15-13-20-24(27(28,29)30)31-33(25(20)34)17-9-11-18(12-10-17)38(35,36)37/h4-15H,1-3H3,(H,35,36,37)/b20-13-,22-15+. The second-order valence-corrected chi connectivity index (χ2v) is 11.0. The van der Waals surface area contributed by atoms with Gasteiger partial charge in [-0.1, -0.05) is 44.2 Å². The second-order valence-electron chi connectivity index (χ2n) is 9.53. The molecular formula is C27H22F3N3O4S. The lowest BCUT2D eigenvalue weighted by Crippen LogP contribution is -2.26. The zero-order valence-electron chi connectivity index (χ0n) is 20.5. The van der Waals surface area contributed by atoms with Gasteiger partial charge in [-0.25, -0.2) is 0 Å². The number of fused-ring (bicyclic) bond motifs is 3. The Morgan fingerprint density at radius 3 is 2.26 bits per heavy atom. The summed E-state index contributed by atoms with van der Waals surface area (Å²) >= 11 is 0. The molecule has 0 unspecified atom stereocenters. The molecule has 1 N–H and O–H groups in total. The largest absolute Gasteiger partial charge is 0.435 e. The quantitative estimate of drug-likeness (QED) is 0.345. The second kappa shape index (κ2) is 8.53. The Balaban J connectivity index is 1.57. The van der Waals surface area contributed by atoms with Crippen LogP contribution in [0.3, 0.4) is 0 Å². The van der Waals surface area contributed by atoms with Gasteiger partial charge in [0.25, 0.3) is 16.0 Å². The molecule has 2 heterocycles. The maximum Gasteiger partial charge on any atom is 0.435 e. The Morgan fingerprint density at radius 1 is 0.974 bits per heavy atom. The molecule has 0 bridgehead atoms. The molecular weight excluding hydrogens is 519 g/mol. The smallest absolute Gasteiger partial charge is 0.347 e. The normalized spacial score (nSPS) is 19.6. The van der Waals surface area contributed by atoms with E-state index in [1.165, 1.54) is 6.08 Å². The molecule has 0 spiro atoms. The number of carbonyl (C=O) groups excluding carboxylic acids is 1. The van der Waals surface area contributed by atoms with E-state index in [0.717, 1.165) is 52.4 Å². The molecule has 11 heteroatoms. The van der Waals surface area contributed by atoms with E-state index in [2.05, 4.69) is 5.10 Å². The van der Waals surface area contributed by atoms with Gasteiger partial charge >= 0.3 is 6.18 Å². The predicted octanol–water partition coefficient (Wildman–Crippen LogP) is 5.59. The summed E-state index contributed by atoms with van der Waals surface area (Å²) in [7, 11) is -2.69. The number of hydrogen-bond donors (Lipinski definition) is 1. The van der Waals surface area contributed by atoms with Crippen molar-refractivity contribution in [3.05, 3.63) is 89.6 Å². The molecule has 3 aromatic carbocycles. The molecule has 38 heavy (non-hydrogen) atoms. The highest BCUT2D eigenvalue weighted by Gasteiger charge is 2.47. The van der Waals surface area contributed by atoms with Crippen LogP contribution < -0.4 is 9.91 Å². The van der Waals surface area contributed by atoms with Crippen LogP contribution in [0.4, 0.5) is 24.5 Å². The number of benzene rings is 3. The number of halogens is 3. The average Bonchev–Trinajstić information content (AvgIpc) is 3.28. The van der Waals surface area contributed by atoms with E-state index in [1.54, 1.807) is 0 Å². The monoisotopic (exact) mass is 541 g/mol. The molecule has 0 fully saturated rings. The minimum Gasteiger partial charge on any atom is -0.347 e. The summed E-state index contributed by atoms with van der Waals surface area (Å²) in [6, 6.07) is 16.0. The fraction of sp³-hybridized carbons (Fsp3) is 0.185. The van der Waals surface area contributed by atoms with Crippen molar-refractivity contribution in [3.8, 4) is 0 Å². The zero-order chi connectivity index (χ0) is 27.6. The maximum absolute atomic E-state index is 13.9. The van der Waals surface area contributed by atoms with Crippen molar-refractivity contribution >= 4 is 43.9 Å². The molecule has 3 aromatic rings. The third-order valence-corrected chi connectivity index (χ3v) is 7.70. The molecule has 0 atom stereocenters. The van der Waals surface area contributed by atoms with Crippen LogP contribution in [0.1, 0.15) is 19.4 Å². The average molecular weight is 542 g/mol. The maximum atomic E-state index is 13.9. The highest BCUT2D eigenvalue weighted by atomic mass is 32.2. The molecule has 0 saturated carbocycles. The van der Waals surface area contributed by atoms with Gasteiger partial charge in [-0.05, 0) is 58.8 Å². The number of anilines is 2. The number of rotatable bonds is 3. The van der Waals surface area contributed by atoms with Crippen LogP contribution in [0.5, 0.6) is 0 Å². The van der Waals surface area contributed by atoms with E-state index in [4.69, 9.17) is 4.55 Å². The van der Waals surface area contributed by atoms with Gasteiger partial charge in [0.05, 0.1) is 16.2 Å². The molecule has 0 aromatic heterocycles. The third-order valence-electron chi connectivity index (χ3n) is 6.83. The molecule has 0 saturated heterocycles. The first-order valence-electron chi connectivity index (χ1n) is 11.5. The molecule has 2 aliphatic rings. The molecule has 7 nitrogen and oxygen atoms in total. The SMILES string of the molecule is CN1/C(=C/C=C2\C(=O)N(c3ccc(S(=O)(=O)O)cc3)N=C2C(F)(F)F)C(C)(C)c2c1ccc1ccccc21. The number of hydrazone groups is 1. The van der Waals surface area contributed by atoms with Crippen molar-refractivity contribution in [3.63, 3.8) is 0 Å². The third kappa shape index (κ3) is 4.07. The lowest BCUT2D eigenvalue weighted by Gasteiger charge is -2.24. The van der Waals surface area contributed by atoms with Crippen LogP contribution >= 0.6 is 0 Å². The highest BCUT2D eigenvalue weighted by molar-refractivity contribution is 7.85. The van der Waals surface area contributed by atoms with Crippen LogP contribution in [-0.4, -0.2) is 37.8 Å².